The zero-order chi connectivity index (χ0) is 13.4. The number of fused-ring (bicyclic) bond motifs is 1. The average molecular weight is 361 g/mol. The summed E-state index contributed by atoms with van der Waals surface area (Å²) in [5.41, 5.74) is 0.745. The molecule has 0 aliphatic carbocycles. The average Bonchev–Trinajstić information content (AvgIpc) is 2.55. The maximum absolute atomic E-state index is 11.7. The summed E-state index contributed by atoms with van der Waals surface area (Å²) in [6, 6.07) is 3.86. The minimum absolute atomic E-state index is 0.333. The van der Waals surface area contributed by atoms with Gasteiger partial charge in [-0.3, -0.25) is 14.4 Å². The topological polar surface area (TPSA) is 104 Å². The van der Waals surface area contributed by atoms with Crippen molar-refractivity contribution in [3.05, 3.63) is 32.9 Å². The number of rotatable bonds is 3. The van der Waals surface area contributed by atoms with Gasteiger partial charge in [-0.2, -0.15) is 0 Å². The summed E-state index contributed by atoms with van der Waals surface area (Å²) in [6.45, 7) is 0. The van der Waals surface area contributed by atoms with Gasteiger partial charge in [-0.25, -0.2) is 0 Å². The summed E-state index contributed by atoms with van der Waals surface area (Å²) < 4.78 is 0.823. The molecule has 3 N–H and O–H groups in total. The molecule has 1 aromatic rings. The van der Waals surface area contributed by atoms with E-state index < -0.39 is 29.8 Å². The first kappa shape index (κ1) is 12.8. The second-order valence-corrected chi connectivity index (χ2v) is 5.08. The highest BCUT2D eigenvalue weighted by atomic mass is 127. The molecule has 0 saturated heterocycles. The van der Waals surface area contributed by atoms with Crippen LogP contribution in [0.25, 0.3) is 0 Å². The highest BCUT2D eigenvalue weighted by molar-refractivity contribution is 14.1. The fourth-order valence-electron chi connectivity index (χ4n) is 1.95. The fraction of sp³-hybridized carbons (Fsp3) is 0.182. The summed E-state index contributed by atoms with van der Waals surface area (Å²) in [4.78, 5) is 33.6. The summed E-state index contributed by atoms with van der Waals surface area (Å²) in [7, 11) is 0. The summed E-state index contributed by atoms with van der Waals surface area (Å²) in [5.74, 6) is -5.07. The minimum atomic E-state index is -1.68. The summed E-state index contributed by atoms with van der Waals surface area (Å²) in [6.07, 6.45) is 0. The van der Waals surface area contributed by atoms with Crippen LogP contribution in [0.4, 0.5) is 0 Å². The van der Waals surface area contributed by atoms with Crippen LogP contribution in [0.5, 0.6) is 0 Å². The lowest BCUT2D eigenvalue weighted by Gasteiger charge is -2.16. The number of carbonyl (C=O) groups is 3. The van der Waals surface area contributed by atoms with E-state index in [4.69, 9.17) is 10.2 Å². The molecule has 1 atom stereocenters. The van der Waals surface area contributed by atoms with Crippen molar-refractivity contribution in [1.29, 1.82) is 0 Å². The van der Waals surface area contributed by atoms with Gasteiger partial charge in [0.2, 0.25) is 0 Å². The Balaban J connectivity index is 2.48. The molecule has 1 amide bonds. The molecule has 1 aliphatic rings. The predicted octanol–water partition coefficient (Wildman–Crippen LogP) is 0.861. The molecular formula is C11H8INO5. The molecule has 0 radical (unpaired) electrons. The maximum Gasteiger partial charge on any atom is 0.320 e. The number of aliphatic carboxylic acids is 2. The van der Waals surface area contributed by atoms with Crippen molar-refractivity contribution >= 4 is 40.4 Å². The first-order chi connectivity index (χ1) is 8.41. The number of amides is 1. The Bertz CT molecular complexity index is 542. The molecule has 0 spiro atoms. The number of halogens is 1. The minimum Gasteiger partial charge on any atom is -0.481 e. The van der Waals surface area contributed by atoms with E-state index in [0.717, 1.165) is 3.57 Å². The molecule has 1 aromatic carbocycles. The second-order valence-electron chi connectivity index (χ2n) is 3.84. The number of carboxylic acids is 2. The van der Waals surface area contributed by atoms with E-state index in [9.17, 15) is 14.4 Å². The lowest BCUT2D eigenvalue weighted by molar-refractivity contribution is -0.155. The molecule has 0 aromatic heterocycles. The van der Waals surface area contributed by atoms with Crippen LogP contribution in [0.15, 0.2) is 18.2 Å². The molecule has 6 nitrogen and oxygen atoms in total. The van der Waals surface area contributed by atoms with Gasteiger partial charge in [-0.1, -0.05) is 6.07 Å². The van der Waals surface area contributed by atoms with Crippen LogP contribution in [-0.4, -0.2) is 28.1 Å². The molecule has 1 heterocycles. The van der Waals surface area contributed by atoms with E-state index in [0.29, 0.717) is 11.1 Å². The van der Waals surface area contributed by atoms with E-state index in [-0.39, 0.29) is 0 Å². The molecule has 94 valence electrons. The van der Waals surface area contributed by atoms with Crippen LogP contribution in [-0.2, 0) is 9.59 Å². The summed E-state index contributed by atoms with van der Waals surface area (Å²) in [5, 5.41) is 20.3. The highest BCUT2D eigenvalue weighted by Gasteiger charge is 2.42. The zero-order valence-electron chi connectivity index (χ0n) is 8.88. The molecule has 2 rings (SSSR count). The first-order valence-corrected chi connectivity index (χ1v) is 6.05. The van der Waals surface area contributed by atoms with Crippen molar-refractivity contribution in [2.45, 2.75) is 6.04 Å². The highest BCUT2D eigenvalue weighted by Crippen LogP contribution is 2.32. The van der Waals surface area contributed by atoms with Crippen LogP contribution in [0, 0.1) is 9.49 Å². The number of nitrogens with one attached hydrogen (secondary N) is 1. The van der Waals surface area contributed by atoms with Gasteiger partial charge in [0.15, 0.2) is 5.92 Å². The fourth-order valence-corrected chi connectivity index (χ4v) is 2.44. The number of carbonyl (C=O) groups excluding carboxylic acids is 1. The van der Waals surface area contributed by atoms with E-state index in [1.54, 1.807) is 18.2 Å². The molecular weight excluding hydrogens is 353 g/mol. The van der Waals surface area contributed by atoms with Gasteiger partial charge < -0.3 is 15.5 Å². The van der Waals surface area contributed by atoms with Gasteiger partial charge in [-0.15, -0.1) is 0 Å². The van der Waals surface area contributed by atoms with Gasteiger partial charge in [0, 0.05) is 9.13 Å². The Morgan fingerprint density at radius 1 is 1.28 bits per heavy atom. The second kappa shape index (κ2) is 4.56. The standard InChI is InChI=1S/C11H8INO5/c12-4-1-2-5-6(3-4)9(14)13-8(5)7(10(15)16)11(17)18/h1-3,7-8H,(H,13,14)(H,15,16)(H,17,18)/t8-/m1/s1. The molecule has 18 heavy (non-hydrogen) atoms. The van der Waals surface area contributed by atoms with Crippen LogP contribution in [0.1, 0.15) is 22.0 Å². The normalized spacial score (nSPS) is 17.4. The van der Waals surface area contributed by atoms with Crippen molar-refractivity contribution in [3.63, 3.8) is 0 Å². The van der Waals surface area contributed by atoms with Crippen molar-refractivity contribution in [3.8, 4) is 0 Å². The molecule has 1 aliphatic heterocycles. The Labute approximate surface area is 115 Å². The Morgan fingerprint density at radius 2 is 1.89 bits per heavy atom. The van der Waals surface area contributed by atoms with Crippen molar-refractivity contribution in [1.82, 2.24) is 5.32 Å². The van der Waals surface area contributed by atoms with E-state index >= 15 is 0 Å². The molecule has 0 fully saturated rings. The Kier molecular flexibility index (Phi) is 3.24. The van der Waals surface area contributed by atoms with Crippen LogP contribution >= 0.6 is 22.6 Å². The van der Waals surface area contributed by atoms with Crippen LogP contribution in [0.3, 0.4) is 0 Å². The van der Waals surface area contributed by atoms with Gasteiger partial charge in [0.05, 0.1) is 6.04 Å². The lowest BCUT2D eigenvalue weighted by Crippen LogP contribution is -2.36. The first-order valence-electron chi connectivity index (χ1n) is 4.97. The van der Waals surface area contributed by atoms with Crippen molar-refractivity contribution in [2.75, 3.05) is 0 Å². The lowest BCUT2D eigenvalue weighted by atomic mass is 9.93. The quantitative estimate of drug-likeness (QED) is 0.547. The van der Waals surface area contributed by atoms with Crippen LogP contribution < -0.4 is 5.32 Å². The SMILES string of the molecule is O=C1N[C@@H](C(C(=O)O)C(=O)O)c2ccc(I)cc21. The monoisotopic (exact) mass is 361 g/mol. The maximum atomic E-state index is 11.7. The van der Waals surface area contributed by atoms with E-state index in [1.807, 2.05) is 22.6 Å². The number of hydrogen-bond acceptors (Lipinski definition) is 3. The van der Waals surface area contributed by atoms with Crippen molar-refractivity contribution in [2.24, 2.45) is 5.92 Å². The zero-order valence-corrected chi connectivity index (χ0v) is 11.0. The number of benzene rings is 1. The predicted molar refractivity (Wildman–Crippen MR) is 68.1 cm³/mol. The number of carboxylic acid groups (broad SMARTS) is 2. The number of hydrogen-bond donors (Lipinski definition) is 3. The third kappa shape index (κ3) is 2.05. The molecule has 0 saturated carbocycles. The van der Waals surface area contributed by atoms with Gasteiger partial charge in [-0.05, 0) is 40.3 Å². The Morgan fingerprint density at radius 3 is 2.44 bits per heavy atom. The third-order valence-electron chi connectivity index (χ3n) is 2.75. The third-order valence-corrected chi connectivity index (χ3v) is 3.42. The summed E-state index contributed by atoms with van der Waals surface area (Å²) >= 11 is 2.02. The Hall–Kier alpha value is -1.64. The van der Waals surface area contributed by atoms with E-state index in [1.165, 1.54) is 0 Å². The molecule has 0 unspecified atom stereocenters. The molecule has 7 heteroatoms. The largest absolute Gasteiger partial charge is 0.481 e. The van der Waals surface area contributed by atoms with Crippen LogP contribution in [0.2, 0.25) is 0 Å². The van der Waals surface area contributed by atoms with Gasteiger partial charge >= 0.3 is 11.9 Å². The van der Waals surface area contributed by atoms with Gasteiger partial charge in [0.1, 0.15) is 0 Å². The van der Waals surface area contributed by atoms with Crippen molar-refractivity contribution < 1.29 is 24.6 Å². The molecule has 0 bridgehead atoms. The van der Waals surface area contributed by atoms with E-state index in [2.05, 4.69) is 5.32 Å². The van der Waals surface area contributed by atoms with Gasteiger partial charge in [0.25, 0.3) is 5.91 Å². The smallest absolute Gasteiger partial charge is 0.320 e.